The zero-order valence-electron chi connectivity index (χ0n) is 14.6. The van der Waals surface area contributed by atoms with Gasteiger partial charge in [0.2, 0.25) is 0 Å². The van der Waals surface area contributed by atoms with E-state index < -0.39 is 0 Å². The van der Waals surface area contributed by atoms with Crippen molar-refractivity contribution < 1.29 is 0 Å². The van der Waals surface area contributed by atoms with Gasteiger partial charge in [-0.05, 0) is 50.1 Å². The first-order chi connectivity index (χ1) is 12.1. The van der Waals surface area contributed by atoms with Crippen LogP contribution >= 0.6 is 11.3 Å². The lowest BCUT2D eigenvalue weighted by atomic mass is 10.1. The van der Waals surface area contributed by atoms with Gasteiger partial charge >= 0.3 is 0 Å². The second-order valence-electron chi connectivity index (χ2n) is 6.05. The summed E-state index contributed by atoms with van der Waals surface area (Å²) < 4.78 is 0. The number of hydrogen-bond acceptors (Lipinski definition) is 3. The molecular weight excluding hydrogens is 324 g/mol. The average molecular weight is 344 g/mol. The van der Waals surface area contributed by atoms with E-state index in [1.807, 2.05) is 23.7 Å². The van der Waals surface area contributed by atoms with Crippen LogP contribution in [0.15, 0.2) is 54.0 Å². The van der Waals surface area contributed by atoms with Gasteiger partial charge in [0.05, 0.1) is 11.3 Å². The Morgan fingerprint density at radius 3 is 2.68 bits per heavy atom. The topological polar surface area (TPSA) is 24.9 Å². The molecule has 0 amide bonds. The van der Waals surface area contributed by atoms with Crippen LogP contribution in [0.25, 0.3) is 16.8 Å². The first-order valence-electron chi connectivity index (χ1n) is 8.10. The minimum Gasteiger partial charge on any atom is -0.360 e. The molecule has 1 heterocycles. The van der Waals surface area contributed by atoms with Gasteiger partial charge in [0.15, 0.2) is 0 Å². The summed E-state index contributed by atoms with van der Waals surface area (Å²) in [4.78, 5) is 4.70. The molecule has 0 aliphatic heterocycles. The summed E-state index contributed by atoms with van der Waals surface area (Å²) in [6.45, 7) is 6.28. The van der Waals surface area contributed by atoms with Gasteiger partial charge in [-0.25, -0.2) is 4.98 Å². The van der Waals surface area contributed by atoms with Crippen LogP contribution in [0.4, 0.5) is 5.69 Å². The first kappa shape index (κ1) is 17.0. The number of anilines is 1. The van der Waals surface area contributed by atoms with Crippen LogP contribution in [0, 0.1) is 33.1 Å². The van der Waals surface area contributed by atoms with E-state index in [9.17, 15) is 0 Å². The molecule has 3 aromatic rings. The molecule has 0 fully saturated rings. The van der Waals surface area contributed by atoms with Crippen molar-refractivity contribution in [1.29, 1.82) is 0 Å². The van der Waals surface area contributed by atoms with Crippen molar-refractivity contribution in [3.63, 3.8) is 0 Å². The molecular formula is C22H20N2S. The van der Waals surface area contributed by atoms with Crippen LogP contribution in [0.5, 0.6) is 0 Å². The van der Waals surface area contributed by atoms with Gasteiger partial charge in [-0.2, -0.15) is 0 Å². The van der Waals surface area contributed by atoms with Crippen LogP contribution in [-0.2, 0) is 0 Å². The zero-order chi connectivity index (χ0) is 17.8. The smallest absolute Gasteiger partial charge is 0.133 e. The van der Waals surface area contributed by atoms with E-state index in [0.717, 1.165) is 27.5 Å². The van der Waals surface area contributed by atoms with Crippen molar-refractivity contribution >= 4 is 22.6 Å². The molecule has 124 valence electrons. The summed E-state index contributed by atoms with van der Waals surface area (Å²) in [6, 6.07) is 14.6. The summed E-state index contributed by atoms with van der Waals surface area (Å²) in [5, 5.41) is 6.17. The summed E-state index contributed by atoms with van der Waals surface area (Å²) in [5.41, 5.74) is 7.58. The number of aromatic nitrogens is 1. The molecule has 0 atom stereocenters. The van der Waals surface area contributed by atoms with E-state index in [1.54, 1.807) is 11.3 Å². The maximum atomic E-state index is 5.70. The molecule has 0 unspecified atom stereocenters. The number of rotatable bonds is 4. The third-order valence-electron chi connectivity index (χ3n) is 4.09. The van der Waals surface area contributed by atoms with Gasteiger partial charge in [0, 0.05) is 22.8 Å². The Bertz CT molecular complexity index is 974. The Morgan fingerprint density at radius 2 is 1.96 bits per heavy atom. The van der Waals surface area contributed by atoms with E-state index >= 15 is 0 Å². The highest BCUT2D eigenvalue weighted by Gasteiger charge is 2.08. The second kappa shape index (κ2) is 7.38. The zero-order valence-corrected chi connectivity index (χ0v) is 15.4. The predicted molar refractivity (Wildman–Crippen MR) is 109 cm³/mol. The molecule has 3 rings (SSSR count). The summed E-state index contributed by atoms with van der Waals surface area (Å²) >= 11 is 1.56. The van der Waals surface area contributed by atoms with Gasteiger partial charge in [-0.3, -0.25) is 0 Å². The van der Waals surface area contributed by atoms with Crippen molar-refractivity contribution in [3.8, 4) is 23.6 Å². The Balaban J connectivity index is 1.84. The molecule has 0 radical (unpaired) electrons. The standard InChI is InChI=1S/C22H20N2S/c1-5-18(13-23-20-10-9-16(3)17(4)12-20)22-24-21(14-25-22)19-8-6-7-15(2)11-19/h1,6-14,23H,2-4H3/b18-13+. The van der Waals surface area contributed by atoms with Gasteiger partial charge in [-0.1, -0.05) is 35.7 Å². The molecule has 25 heavy (non-hydrogen) atoms. The fourth-order valence-electron chi connectivity index (χ4n) is 2.49. The van der Waals surface area contributed by atoms with Crippen molar-refractivity contribution in [2.24, 2.45) is 0 Å². The number of aryl methyl sites for hydroxylation is 3. The third-order valence-corrected chi connectivity index (χ3v) is 4.97. The van der Waals surface area contributed by atoms with Crippen molar-refractivity contribution in [2.45, 2.75) is 20.8 Å². The minimum atomic E-state index is 0.752. The molecule has 0 saturated carbocycles. The van der Waals surface area contributed by atoms with Crippen molar-refractivity contribution in [1.82, 2.24) is 4.98 Å². The summed E-state index contributed by atoms with van der Waals surface area (Å²) in [7, 11) is 0. The Morgan fingerprint density at radius 1 is 1.12 bits per heavy atom. The normalized spacial score (nSPS) is 11.2. The molecule has 0 bridgehead atoms. The maximum Gasteiger partial charge on any atom is 0.133 e. The molecule has 0 aliphatic carbocycles. The maximum absolute atomic E-state index is 5.70. The molecule has 2 aromatic carbocycles. The lowest BCUT2D eigenvalue weighted by Crippen LogP contribution is -1.92. The van der Waals surface area contributed by atoms with Gasteiger partial charge in [-0.15, -0.1) is 17.8 Å². The van der Waals surface area contributed by atoms with Crippen LogP contribution in [0.3, 0.4) is 0 Å². The van der Waals surface area contributed by atoms with Crippen molar-refractivity contribution in [2.75, 3.05) is 5.32 Å². The molecule has 1 aromatic heterocycles. The largest absolute Gasteiger partial charge is 0.360 e. The van der Waals surface area contributed by atoms with E-state index in [4.69, 9.17) is 11.4 Å². The van der Waals surface area contributed by atoms with E-state index in [-0.39, 0.29) is 0 Å². The number of allylic oxidation sites excluding steroid dienone is 1. The Labute approximate surface area is 153 Å². The fourth-order valence-corrected chi connectivity index (χ4v) is 3.29. The molecule has 0 saturated heterocycles. The van der Waals surface area contributed by atoms with E-state index in [0.29, 0.717) is 0 Å². The highest BCUT2D eigenvalue weighted by molar-refractivity contribution is 7.11. The molecule has 3 heteroatoms. The number of hydrogen-bond donors (Lipinski definition) is 1. The van der Waals surface area contributed by atoms with Crippen molar-refractivity contribution in [3.05, 3.63) is 75.7 Å². The van der Waals surface area contributed by atoms with E-state index in [2.05, 4.69) is 62.3 Å². The number of benzene rings is 2. The van der Waals surface area contributed by atoms with E-state index in [1.165, 1.54) is 16.7 Å². The number of thiazole rings is 1. The summed E-state index contributed by atoms with van der Waals surface area (Å²) in [6.07, 6.45) is 7.55. The molecule has 0 spiro atoms. The number of nitrogens with one attached hydrogen (secondary N) is 1. The number of nitrogens with zero attached hydrogens (tertiary/aromatic N) is 1. The average Bonchev–Trinajstić information content (AvgIpc) is 3.08. The first-order valence-corrected chi connectivity index (χ1v) is 8.98. The molecule has 2 nitrogen and oxygen atoms in total. The SMILES string of the molecule is C#C/C(=C\Nc1ccc(C)c(C)c1)c1nc(-c2cccc(C)c2)cs1. The fraction of sp³-hybridized carbons (Fsp3) is 0.136. The van der Waals surface area contributed by atoms with Gasteiger partial charge in [0.25, 0.3) is 0 Å². The van der Waals surface area contributed by atoms with Gasteiger partial charge in [0.1, 0.15) is 5.01 Å². The van der Waals surface area contributed by atoms with Gasteiger partial charge < -0.3 is 5.32 Å². The lowest BCUT2D eigenvalue weighted by molar-refractivity contribution is 1.33. The van der Waals surface area contributed by atoms with Crippen LogP contribution in [0.2, 0.25) is 0 Å². The second-order valence-corrected chi connectivity index (χ2v) is 6.91. The minimum absolute atomic E-state index is 0.752. The quantitative estimate of drug-likeness (QED) is 0.603. The predicted octanol–water partition coefficient (Wildman–Crippen LogP) is 5.82. The molecule has 0 aliphatic rings. The third kappa shape index (κ3) is 3.99. The van der Waals surface area contributed by atoms with Crippen LogP contribution in [-0.4, -0.2) is 4.98 Å². The monoisotopic (exact) mass is 344 g/mol. The highest BCUT2D eigenvalue weighted by atomic mass is 32.1. The Hall–Kier alpha value is -2.83. The van der Waals surface area contributed by atoms with Crippen LogP contribution in [0.1, 0.15) is 21.7 Å². The molecule has 1 N–H and O–H groups in total. The summed E-state index contributed by atoms with van der Waals surface area (Å²) in [5.74, 6) is 2.74. The Kier molecular flexibility index (Phi) is 5.02. The number of terminal acetylenes is 1. The lowest BCUT2D eigenvalue weighted by Gasteiger charge is -2.05. The highest BCUT2D eigenvalue weighted by Crippen LogP contribution is 2.26. The van der Waals surface area contributed by atoms with Crippen LogP contribution < -0.4 is 5.32 Å².